The van der Waals surface area contributed by atoms with Crippen molar-refractivity contribution in [3.05, 3.63) is 0 Å². The molecule has 0 saturated carbocycles. The van der Waals surface area contributed by atoms with Crippen molar-refractivity contribution in [2.24, 2.45) is 0 Å². The third-order valence-corrected chi connectivity index (χ3v) is 3.88. The number of nitrogens with one attached hydrogen (secondary N) is 1. The van der Waals surface area contributed by atoms with Crippen molar-refractivity contribution in [2.45, 2.75) is 45.3 Å². The smallest absolute Gasteiger partial charge is 0.326 e. The molecule has 0 bridgehead atoms. The van der Waals surface area contributed by atoms with Gasteiger partial charge in [-0.3, -0.25) is 9.69 Å². The van der Waals surface area contributed by atoms with Crippen molar-refractivity contribution < 1.29 is 14.3 Å². The minimum Gasteiger partial charge on any atom is -0.465 e. The number of carbonyl (C=O) groups excluding carboxylic acids is 1. The van der Waals surface area contributed by atoms with Gasteiger partial charge in [0.25, 0.3) is 0 Å². The van der Waals surface area contributed by atoms with Crippen LogP contribution in [-0.2, 0) is 14.3 Å². The van der Waals surface area contributed by atoms with Gasteiger partial charge in [-0.2, -0.15) is 0 Å². The minimum atomic E-state index is -0.601. The maximum atomic E-state index is 12.0. The molecule has 1 saturated heterocycles. The van der Waals surface area contributed by atoms with E-state index in [4.69, 9.17) is 9.47 Å². The summed E-state index contributed by atoms with van der Waals surface area (Å²) in [4.78, 5) is 14.3. The van der Waals surface area contributed by atoms with Gasteiger partial charge in [0.1, 0.15) is 5.54 Å². The molecule has 1 aliphatic rings. The summed E-state index contributed by atoms with van der Waals surface area (Å²) in [5, 5.41) is 3.10. The van der Waals surface area contributed by atoms with Crippen molar-refractivity contribution >= 4 is 5.97 Å². The first-order valence-corrected chi connectivity index (χ1v) is 7.25. The monoisotopic (exact) mass is 272 g/mol. The van der Waals surface area contributed by atoms with Gasteiger partial charge in [-0.1, -0.05) is 6.92 Å². The summed E-state index contributed by atoms with van der Waals surface area (Å²) in [6.07, 6.45) is 2.12. The maximum absolute atomic E-state index is 12.0. The molecule has 1 aliphatic heterocycles. The van der Waals surface area contributed by atoms with Crippen LogP contribution in [0.25, 0.3) is 0 Å². The molecule has 5 nitrogen and oxygen atoms in total. The number of carbonyl (C=O) groups is 1. The third-order valence-electron chi connectivity index (χ3n) is 3.88. The average molecular weight is 272 g/mol. The highest BCUT2D eigenvalue weighted by Gasteiger charge is 2.33. The van der Waals surface area contributed by atoms with Gasteiger partial charge >= 0.3 is 5.97 Å². The molecule has 0 amide bonds. The van der Waals surface area contributed by atoms with E-state index in [0.29, 0.717) is 12.7 Å². The molecule has 2 unspecified atom stereocenters. The van der Waals surface area contributed by atoms with E-state index in [9.17, 15) is 4.79 Å². The summed E-state index contributed by atoms with van der Waals surface area (Å²) < 4.78 is 10.8. The zero-order valence-electron chi connectivity index (χ0n) is 12.7. The molecular formula is C14H28N2O3. The van der Waals surface area contributed by atoms with Gasteiger partial charge in [0.2, 0.25) is 0 Å². The predicted octanol–water partition coefficient (Wildman–Crippen LogP) is 1.03. The normalized spacial score (nSPS) is 23.9. The van der Waals surface area contributed by atoms with Crippen LogP contribution >= 0.6 is 0 Å². The van der Waals surface area contributed by atoms with Gasteiger partial charge in [-0.25, -0.2) is 0 Å². The Hall–Kier alpha value is -0.650. The molecule has 5 heteroatoms. The van der Waals surface area contributed by atoms with E-state index in [2.05, 4.69) is 17.1 Å². The number of hydrogen-bond acceptors (Lipinski definition) is 5. The van der Waals surface area contributed by atoms with Crippen LogP contribution in [-0.4, -0.2) is 62.4 Å². The second kappa shape index (κ2) is 7.82. The number of esters is 1. The lowest BCUT2D eigenvalue weighted by Crippen LogP contribution is -2.52. The molecule has 2 atom stereocenters. The van der Waals surface area contributed by atoms with Gasteiger partial charge in [-0.15, -0.1) is 0 Å². The van der Waals surface area contributed by atoms with Crippen molar-refractivity contribution in [2.75, 3.05) is 39.9 Å². The summed E-state index contributed by atoms with van der Waals surface area (Å²) in [7, 11) is 1.81. The Bertz CT molecular complexity index is 286. The van der Waals surface area contributed by atoms with E-state index in [-0.39, 0.29) is 5.97 Å². The van der Waals surface area contributed by atoms with E-state index in [1.165, 1.54) is 0 Å². The lowest BCUT2D eigenvalue weighted by atomic mass is 9.97. The fraction of sp³-hybridized carbons (Fsp3) is 0.929. The molecule has 19 heavy (non-hydrogen) atoms. The van der Waals surface area contributed by atoms with Crippen molar-refractivity contribution in [3.63, 3.8) is 0 Å². The Balaban J connectivity index is 2.46. The van der Waals surface area contributed by atoms with Gasteiger partial charge in [0, 0.05) is 19.6 Å². The van der Waals surface area contributed by atoms with Gasteiger partial charge in [0.05, 0.1) is 19.3 Å². The second-order valence-corrected chi connectivity index (χ2v) is 5.25. The Morgan fingerprint density at radius 2 is 2.26 bits per heavy atom. The maximum Gasteiger partial charge on any atom is 0.326 e. The van der Waals surface area contributed by atoms with Crippen LogP contribution in [0.2, 0.25) is 0 Å². The zero-order valence-corrected chi connectivity index (χ0v) is 12.7. The Labute approximate surface area is 116 Å². The Kier molecular flexibility index (Phi) is 6.75. The fourth-order valence-electron chi connectivity index (χ4n) is 2.23. The molecule has 0 spiro atoms. The minimum absolute atomic E-state index is 0.169. The van der Waals surface area contributed by atoms with Crippen molar-refractivity contribution in [3.8, 4) is 0 Å². The Morgan fingerprint density at radius 3 is 2.84 bits per heavy atom. The topological polar surface area (TPSA) is 50.8 Å². The summed E-state index contributed by atoms with van der Waals surface area (Å²) in [6.45, 7) is 9.88. The van der Waals surface area contributed by atoms with Crippen LogP contribution in [0.1, 0.15) is 33.6 Å². The quantitative estimate of drug-likeness (QED) is 0.702. The highest BCUT2D eigenvalue weighted by molar-refractivity contribution is 5.80. The van der Waals surface area contributed by atoms with E-state index in [1.807, 2.05) is 20.9 Å². The zero-order chi connectivity index (χ0) is 14.3. The summed E-state index contributed by atoms with van der Waals surface area (Å²) >= 11 is 0. The molecule has 0 aromatic carbocycles. The molecule has 1 heterocycles. The largest absolute Gasteiger partial charge is 0.465 e. The van der Waals surface area contributed by atoms with Crippen molar-refractivity contribution in [1.29, 1.82) is 0 Å². The van der Waals surface area contributed by atoms with E-state index >= 15 is 0 Å². The first kappa shape index (κ1) is 16.4. The molecular weight excluding hydrogens is 244 g/mol. The molecule has 0 aromatic heterocycles. The lowest BCUT2D eigenvalue weighted by molar-refractivity contribution is -0.150. The number of nitrogens with zero attached hydrogens (tertiary/aromatic N) is 1. The number of hydrogen-bond donors (Lipinski definition) is 1. The van der Waals surface area contributed by atoms with Crippen LogP contribution in [0.5, 0.6) is 0 Å². The number of morpholine rings is 1. The SMILES string of the molecule is CCOC(=O)C(C)(CCN1CCOC(CC)C1)NC. The predicted molar refractivity (Wildman–Crippen MR) is 75.2 cm³/mol. The van der Waals surface area contributed by atoms with E-state index in [1.54, 1.807) is 0 Å². The van der Waals surface area contributed by atoms with E-state index in [0.717, 1.165) is 39.1 Å². The highest BCUT2D eigenvalue weighted by Crippen LogP contribution is 2.15. The molecule has 112 valence electrons. The summed E-state index contributed by atoms with van der Waals surface area (Å²) in [5.41, 5.74) is -0.601. The third kappa shape index (κ3) is 4.75. The first-order chi connectivity index (χ1) is 9.05. The number of rotatable bonds is 7. The number of likely N-dealkylation sites (N-methyl/N-ethyl adjacent to an activating group) is 1. The van der Waals surface area contributed by atoms with Crippen LogP contribution in [0.3, 0.4) is 0 Å². The Morgan fingerprint density at radius 1 is 1.53 bits per heavy atom. The van der Waals surface area contributed by atoms with Crippen LogP contribution in [0, 0.1) is 0 Å². The number of ether oxygens (including phenoxy) is 2. The first-order valence-electron chi connectivity index (χ1n) is 7.25. The van der Waals surface area contributed by atoms with Crippen molar-refractivity contribution in [1.82, 2.24) is 10.2 Å². The van der Waals surface area contributed by atoms with Gasteiger partial charge in [0.15, 0.2) is 0 Å². The van der Waals surface area contributed by atoms with Crippen LogP contribution in [0.4, 0.5) is 0 Å². The van der Waals surface area contributed by atoms with Gasteiger partial charge in [-0.05, 0) is 33.7 Å². The summed E-state index contributed by atoms with van der Waals surface area (Å²) in [5.74, 6) is -0.169. The molecule has 0 aliphatic carbocycles. The van der Waals surface area contributed by atoms with Crippen LogP contribution < -0.4 is 5.32 Å². The van der Waals surface area contributed by atoms with Crippen LogP contribution in [0.15, 0.2) is 0 Å². The average Bonchev–Trinajstić information content (AvgIpc) is 2.45. The molecule has 1 N–H and O–H groups in total. The highest BCUT2D eigenvalue weighted by atomic mass is 16.5. The lowest BCUT2D eigenvalue weighted by Gasteiger charge is -2.35. The fourth-order valence-corrected chi connectivity index (χ4v) is 2.23. The molecule has 1 fully saturated rings. The standard InChI is InChI=1S/C14H28N2O3/c1-5-12-11-16(9-10-19-12)8-7-14(3,15-4)13(17)18-6-2/h12,15H,5-11H2,1-4H3. The van der Waals surface area contributed by atoms with Gasteiger partial charge < -0.3 is 14.8 Å². The molecule has 0 radical (unpaired) electrons. The van der Waals surface area contributed by atoms with E-state index < -0.39 is 5.54 Å². The molecule has 1 rings (SSSR count). The second-order valence-electron chi connectivity index (χ2n) is 5.25. The summed E-state index contributed by atoms with van der Waals surface area (Å²) in [6, 6.07) is 0. The molecule has 0 aromatic rings.